The summed E-state index contributed by atoms with van der Waals surface area (Å²) in [6, 6.07) is 27.9. The van der Waals surface area contributed by atoms with Crippen molar-refractivity contribution in [3.8, 4) is 0 Å². The third kappa shape index (κ3) is 2.40. The van der Waals surface area contributed by atoms with E-state index in [2.05, 4.69) is 10.6 Å². The van der Waals surface area contributed by atoms with Crippen molar-refractivity contribution in [2.45, 2.75) is 0 Å². The molecule has 0 aliphatic carbocycles. The SMILES string of the molecule is O=C1NC(c2ccc3ccccc3c2)=C2C(=O)NC(c3ccc4ccccc4c3)=C12. The lowest BCUT2D eigenvalue weighted by atomic mass is 9.99. The normalized spacial score (nSPS) is 15.7. The van der Waals surface area contributed by atoms with Crippen LogP contribution in [0.4, 0.5) is 0 Å². The van der Waals surface area contributed by atoms with E-state index in [1.54, 1.807) is 0 Å². The van der Waals surface area contributed by atoms with Crippen molar-refractivity contribution in [1.29, 1.82) is 0 Å². The molecule has 0 saturated heterocycles. The van der Waals surface area contributed by atoms with Gasteiger partial charge in [-0.05, 0) is 44.8 Å². The Labute approximate surface area is 172 Å². The van der Waals surface area contributed by atoms with Crippen molar-refractivity contribution >= 4 is 44.8 Å². The van der Waals surface area contributed by atoms with E-state index in [1.165, 1.54) is 0 Å². The molecule has 2 aliphatic heterocycles. The molecule has 0 fully saturated rings. The molecule has 0 spiro atoms. The maximum atomic E-state index is 12.9. The summed E-state index contributed by atoms with van der Waals surface area (Å²) in [7, 11) is 0. The molecule has 0 bridgehead atoms. The van der Waals surface area contributed by atoms with Crippen molar-refractivity contribution in [2.24, 2.45) is 0 Å². The monoisotopic (exact) mass is 388 g/mol. The van der Waals surface area contributed by atoms with Gasteiger partial charge in [-0.3, -0.25) is 9.59 Å². The molecule has 4 heteroatoms. The van der Waals surface area contributed by atoms with E-state index < -0.39 is 0 Å². The molecule has 2 amide bonds. The number of hydrogen-bond donors (Lipinski definition) is 2. The van der Waals surface area contributed by atoms with Gasteiger partial charge in [-0.1, -0.05) is 72.8 Å². The van der Waals surface area contributed by atoms with Crippen LogP contribution in [-0.4, -0.2) is 11.8 Å². The Balaban J connectivity index is 1.53. The highest BCUT2D eigenvalue weighted by atomic mass is 16.2. The van der Waals surface area contributed by atoms with Crippen LogP contribution in [0.5, 0.6) is 0 Å². The number of amides is 2. The average Bonchev–Trinajstić information content (AvgIpc) is 3.31. The average molecular weight is 388 g/mol. The van der Waals surface area contributed by atoms with E-state index in [4.69, 9.17) is 0 Å². The molecule has 142 valence electrons. The molecule has 4 aromatic rings. The van der Waals surface area contributed by atoms with Crippen molar-refractivity contribution in [2.75, 3.05) is 0 Å². The topological polar surface area (TPSA) is 58.2 Å². The number of carbonyl (C=O) groups excluding carboxylic acids is 2. The molecule has 30 heavy (non-hydrogen) atoms. The molecule has 2 aliphatic rings. The largest absolute Gasteiger partial charge is 0.321 e. The quantitative estimate of drug-likeness (QED) is 0.536. The van der Waals surface area contributed by atoms with Gasteiger partial charge in [-0.2, -0.15) is 0 Å². The second kappa shape index (κ2) is 6.16. The first-order chi connectivity index (χ1) is 14.7. The van der Waals surface area contributed by atoms with E-state index in [0.29, 0.717) is 22.5 Å². The molecule has 6 rings (SSSR count). The van der Waals surface area contributed by atoms with Crippen molar-refractivity contribution in [3.63, 3.8) is 0 Å². The van der Waals surface area contributed by atoms with Crippen LogP contribution in [-0.2, 0) is 9.59 Å². The molecule has 0 saturated carbocycles. The van der Waals surface area contributed by atoms with Gasteiger partial charge in [0.05, 0.1) is 22.5 Å². The number of hydrogen-bond acceptors (Lipinski definition) is 2. The fourth-order valence-corrected chi connectivity index (χ4v) is 4.30. The van der Waals surface area contributed by atoms with Crippen LogP contribution in [0.15, 0.2) is 96.1 Å². The minimum absolute atomic E-state index is 0.255. The lowest BCUT2D eigenvalue weighted by Crippen LogP contribution is -2.21. The Bertz CT molecular complexity index is 1360. The summed E-state index contributed by atoms with van der Waals surface area (Å²) in [5.74, 6) is -0.510. The molecule has 4 aromatic carbocycles. The minimum atomic E-state index is -0.255. The predicted octanol–water partition coefficient (Wildman–Crippen LogP) is 4.38. The Morgan fingerprint density at radius 1 is 0.467 bits per heavy atom. The van der Waals surface area contributed by atoms with Gasteiger partial charge in [0, 0.05) is 0 Å². The van der Waals surface area contributed by atoms with Gasteiger partial charge in [0.1, 0.15) is 0 Å². The van der Waals surface area contributed by atoms with Crippen LogP contribution in [0.2, 0.25) is 0 Å². The van der Waals surface area contributed by atoms with Crippen molar-refractivity contribution in [1.82, 2.24) is 10.6 Å². The standard InChI is InChI=1S/C26H16N2O2/c29-25-21-22(24(28-25)20-12-10-16-6-2-4-8-18(16)14-20)26(30)27-23(21)19-11-9-15-5-1-3-7-17(15)13-19/h1-14H,(H,27,30)(H,28,29). The maximum Gasteiger partial charge on any atom is 0.258 e. The van der Waals surface area contributed by atoms with E-state index >= 15 is 0 Å². The van der Waals surface area contributed by atoms with Gasteiger partial charge >= 0.3 is 0 Å². The number of fused-ring (bicyclic) bond motifs is 3. The Morgan fingerprint density at radius 2 is 0.867 bits per heavy atom. The third-order valence-corrected chi connectivity index (χ3v) is 5.76. The van der Waals surface area contributed by atoms with Gasteiger partial charge in [0.15, 0.2) is 0 Å². The summed E-state index contributed by atoms with van der Waals surface area (Å²) in [5, 5.41) is 10.2. The molecule has 2 heterocycles. The first-order valence-electron chi connectivity index (χ1n) is 9.79. The Morgan fingerprint density at radius 3 is 1.30 bits per heavy atom. The molecule has 0 unspecified atom stereocenters. The van der Waals surface area contributed by atoms with Gasteiger partial charge < -0.3 is 10.6 Å². The summed E-state index contributed by atoms with van der Waals surface area (Å²) in [6.07, 6.45) is 0. The molecule has 4 nitrogen and oxygen atoms in total. The predicted molar refractivity (Wildman–Crippen MR) is 118 cm³/mol. The van der Waals surface area contributed by atoms with Gasteiger partial charge in [0.2, 0.25) is 0 Å². The van der Waals surface area contributed by atoms with Gasteiger partial charge in [-0.25, -0.2) is 0 Å². The van der Waals surface area contributed by atoms with Crippen LogP contribution in [0, 0.1) is 0 Å². The van der Waals surface area contributed by atoms with E-state index in [9.17, 15) is 9.59 Å². The number of nitrogens with one attached hydrogen (secondary N) is 2. The van der Waals surface area contributed by atoms with Crippen molar-refractivity contribution in [3.05, 3.63) is 107 Å². The molecule has 0 radical (unpaired) electrons. The van der Waals surface area contributed by atoms with Crippen LogP contribution in [0.1, 0.15) is 11.1 Å². The first-order valence-corrected chi connectivity index (χ1v) is 9.79. The number of benzene rings is 4. The zero-order valence-corrected chi connectivity index (χ0v) is 15.9. The second-order valence-electron chi connectivity index (χ2n) is 7.53. The van der Waals surface area contributed by atoms with Crippen LogP contribution in [0.25, 0.3) is 32.9 Å². The van der Waals surface area contributed by atoms with E-state index in [1.807, 2.05) is 84.9 Å². The third-order valence-electron chi connectivity index (χ3n) is 5.76. The summed E-state index contributed by atoms with van der Waals surface area (Å²) >= 11 is 0. The number of carbonyl (C=O) groups is 2. The first kappa shape index (κ1) is 16.7. The molecule has 2 N–H and O–H groups in total. The lowest BCUT2D eigenvalue weighted by molar-refractivity contribution is -0.117. The fourth-order valence-electron chi connectivity index (χ4n) is 4.30. The van der Waals surface area contributed by atoms with Crippen LogP contribution >= 0.6 is 0 Å². The molecule has 0 atom stereocenters. The summed E-state index contributed by atoms with van der Waals surface area (Å²) < 4.78 is 0. The van der Waals surface area contributed by atoms with Crippen molar-refractivity contribution < 1.29 is 9.59 Å². The highest BCUT2D eigenvalue weighted by Gasteiger charge is 2.40. The van der Waals surface area contributed by atoms with E-state index in [-0.39, 0.29) is 11.8 Å². The maximum absolute atomic E-state index is 12.9. The smallest absolute Gasteiger partial charge is 0.258 e. The van der Waals surface area contributed by atoms with Crippen LogP contribution < -0.4 is 10.6 Å². The van der Waals surface area contributed by atoms with E-state index in [0.717, 1.165) is 32.7 Å². The highest BCUT2D eigenvalue weighted by molar-refractivity contribution is 6.30. The number of rotatable bonds is 2. The second-order valence-corrected chi connectivity index (χ2v) is 7.53. The van der Waals surface area contributed by atoms with Crippen LogP contribution in [0.3, 0.4) is 0 Å². The van der Waals surface area contributed by atoms with Gasteiger partial charge in [-0.15, -0.1) is 0 Å². The zero-order valence-electron chi connectivity index (χ0n) is 15.9. The summed E-state index contributed by atoms with van der Waals surface area (Å²) in [4.78, 5) is 25.8. The molecule has 0 aromatic heterocycles. The Hall–Kier alpha value is -4.18. The highest BCUT2D eigenvalue weighted by Crippen LogP contribution is 2.38. The summed E-state index contributed by atoms with van der Waals surface area (Å²) in [5.41, 5.74) is 3.60. The fraction of sp³-hybridized carbons (Fsp3) is 0. The Kier molecular flexibility index (Phi) is 3.44. The van der Waals surface area contributed by atoms with Gasteiger partial charge in [0.25, 0.3) is 11.8 Å². The molecular formula is C26H16N2O2. The zero-order chi connectivity index (χ0) is 20.2. The lowest BCUT2D eigenvalue weighted by Gasteiger charge is -2.09. The summed E-state index contributed by atoms with van der Waals surface area (Å²) in [6.45, 7) is 0. The molecular weight excluding hydrogens is 372 g/mol. The minimum Gasteiger partial charge on any atom is -0.321 e.